The van der Waals surface area contributed by atoms with Crippen LogP contribution >= 0.6 is 35.6 Å². The molecule has 0 aliphatic carbocycles. The van der Waals surface area contributed by atoms with E-state index in [1.165, 1.54) is 18.1 Å². The van der Waals surface area contributed by atoms with Gasteiger partial charge in [0.05, 0.1) is 24.0 Å². The molecule has 0 aromatic heterocycles. The van der Waals surface area contributed by atoms with Crippen molar-refractivity contribution in [2.24, 2.45) is 0 Å². The zero-order valence-corrected chi connectivity index (χ0v) is 17.9. The van der Waals surface area contributed by atoms with Crippen LogP contribution < -0.4 is 13.8 Å². The van der Waals surface area contributed by atoms with Gasteiger partial charge in [-0.1, -0.05) is 47.7 Å². The minimum atomic E-state index is -3.69. The second kappa shape index (κ2) is 8.12. The lowest BCUT2D eigenvalue weighted by molar-refractivity contribution is -0.113. The average molecular weight is 456 g/mol. The summed E-state index contributed by atoms with van der Waals surface area (Å²) < 4.78 is 33.1. The Bertz CT molecular complexity index is 1100. The number of rotatable bonds is 5. The molecule has 0 radical (unpaired) electrons. The topological polar surface area (TPSA) is 72.9 Å². The number of carbonyl (C=O) groups excluding carboxylic acids is 1. The van der Waals surface area contributed by atoms with Gasteiger partial charge in [-0.2, -0.15) is 8.42 Å². The fourth-order valence-corrected chi connectivity index (χ4v) is 4.41. The van der Waals surface area contributed by atoms with E-state index in [0.29, 0.717) is 25.5 Å². The van der Waals surface area contributed by atoms with Gasteiger partial charge in [-0.25, -0.2) is 0 Å². The first-order chi connectivity index (χ1) is 13.2. The first-order valence-corrected chi connectivity index (χ1v) is 11.2. The van der Waals surface area contributed by atoms with Crippen molar-refractivity contribution in [3.05, 3.63) is 58.0 Å². The van der Waals surface area contributed by atoms with E-state index in [0.717, 1.165) is 18.0 Å². The summed E-state index contributed by atoms with van der Waals surface area (Å²) in [6, 6.07) is 11.5. The highest BCUT2D eigenvalue weighted by molar-refractivity contribution is 8.27. The number of ether oxygens (including phenoxy) is 1. The van der Waals surface area contributed by atoms with E-state index in [4.69, 9.17) is 32.7 Å². The smallest absolute Gasteiger partial charge is 0.306 e. The molecule has 0 atom stereocenters. The van der Waals surface area contributed by atoms with Gasteiger partial charge in [0.15, 0.2) is 15.8 Å². The second-order valence-electron chi connectivity index (χ2n) is 5.69. The molecule has 3 rings (SSSR count). The Balaban J connectivity index is 1.91. The molecular weight excluding hydrogens is 442 g/mol. The van der Waals surface area contributed by atoms with E-state index in [1.807, 2.05) is 0 Å². The molecule has 10 heteroatoms. The Morgan fingerprint density at radius 1 is 1.18 bits per heavy atom. The maximum absolute atomic E-state index is 12.8. The highest BCUT2D eigenvalue weighted by Crippen LogP contribution is 2.37. The summed E-state index contributed by atoms with van der Waals surface area (Å²) in [5.41, 5.74) is 1.22. The summed E-state index contributed by atoms with van der Waals surface area (Å²) in [4.78, 5) is 14.6. The summed E-state index contributed by atoms with van der Waals surface area (Å²) in [6.07, 6.45) is 2.60. The van der Waals surface area contributed by atoms with E-state index in [9.17, 15) is 13.2 Å². The molecule has 1 aliphatic heterocycles. The third-order valence-corrected chi connectivity index (χ3v) is 5.61. The SMILES string of the molecule is COc1cc(/C=C2/SC(=S)N(c3cccc(Cl)c3)C2=O)ccc1OS(C)(=O)=O. The van der Waals surface area contributed by atoms with Gasteiger partial charge < -0.3 is 8.92 Å². The standard InChI is InChI=1S/C18H14ClNO5S3/c1-24-15-8-11(6-7-14(15)25-28(2,22)23)9-16-17(21)20(18(26)27-16)13-5-3-4-12(19)10-13/h3-10H,1-2H3/b16-9+. The van der Waals surface area contributed by atoms with Gasteiger partial charge in [0.2, 0.25) is 0 Å². The molecule has 6 nitrogen and oxygen atoms in total. The number of amides is 1. The quantitative estimate of drug-likeness (QED) is 0.382. The van der Waals surface area contributed by atoms with E-state index in [1.54, 1.807) is 42.5 Å². The second-order valence-corrected chi connectivity index (χ2v) is 9.38. The fourth-order valence-electron chi connectivity index (χ4n) is 2.46. The van der Waals surface area contributed by atoms with E-state index < -0.39 is 10.1 Å². The lowest BCUT2D eigenvalue weighted by Gasteiger charge is -2.14. The molecule has 1 heterocycles. The van der Waals surface area contributed by atoms with Crippen molar-refractivity contribution in [2.75, 3.05) is 18.3 Å². The maximum atomic E-state index is 12.8. The number of benzene rings is 2. The molecule has 146 valence electrons. The summed E-state index contributed by atoms with van der Waals surface area (Å²) in [5, 5.41) is 0.502. The van der Waals surface area contributed by atoms with Crippen LogP contribution in [0.2, 0.25) is 5.02 Å². The molecule has 28 heavy (non-hydrogen) atoms. The zero-order valence-electron chi connectivity index (χ0n) is 14.7. The molecule has 1 saturated heterocycles. The third kappa shape index (κ3) is 4.67. The van der Waals surface area contributed by atoms with Crippen LogP contribution in [0.4, 0.5) is 5.69 Å². The van der Waals surface area contributed by atoms with Crippen molar-refractivity contribution in [3.63, 3.8) is 0 Å². The maximum Gasteiger partial charge on any atom is 0.306 e. The van der Waals surface area contributed by atoms with E-state index >= 15 is 0 Å². The number of halogens is 1. The molecule has 2 aromatic rings. The molecule has 1 amide bonds. The molecule has 0 bridgehead atoms. The summed E-state index contributed by atoms with van der Waals surface area (Å²) in [7, 11) is -2.30. The van der Waals surface area contributed by atoms with Crippen LogP contribution in [0.1, 0.15) is 5.56 Å². The predicted molar refractivity (Wildman–Crippen MR) is 116 cm³/mol. The van der Waals surface area contributed by atoms with E-state index in [2.05, 4.69) is 0 Å². The first kappa shape index (κ1) is 20.7. The molecule has 0 saturated carbocycles. The Labute approximate surface area is 177 Å². The third-order valence-electron chi connectivity index (χ3n) is 3.59. The highest BCUT2D eigenvalue weighted by Gasteiger charge is 2.33. The fraction of sp³-hybridized carbons (Fsp3) is 0.111. The zero-order chi connectivity index (χ0) is 20.5. The van der Waals surface area contributed by atoms with Gasteiger partial charge in [0.1, 0.15) is 0 Å². The van der Waals surface area contributed by atoms with Gasteiger partial charge >= 0.3 is 10.1 Å². The van der Waals surface area contributed by atoms with Gasteiger partial charge in [0, 0.05) is 5.02 Å². The van der Waals surface area contributed by atoms with Gasteiger partial charge in [0.25, 0.3) is 5.91 Å². The molecule has 0 unspecified atom stereocenters. The average Bonchev–Trinajstić information content (AvgIpc) is 2.88. The Morgan fingerprint density at radius 2 is 1.93 bits per heavy atom. The van der Waals surface area contributed by atoms with Crippen LogP contribution in [0, 0.1) is 0 Å². The molecule has 0 N–H and O–H groups in total. The van der Waals surface area contributed by atoms with Crippen LogP contribution in [0.3, 0.4) is 0 Å². The van der Waals surface area contributed by atoms with Gasteiger partial charge in [-0.05, 0) is 42.0 Å². The number of thioether (sulfide) groups is 1. The monoisotopic (exact) mass is 455 g/mol. The van der Waals surface area contributed by atoms with Crippen molar-refractivity contribution >= 4 is 67.7 Å². The predicted octanol–water partition coefficient (Wildman–Crippen LogP) is 4.09. The minimum absolute atomic E-state index is 0.0635. The number of carbonyl (C=O) groups is 1. The van der Waals surface area contributed by atoms with Gasteiger partial charge in [-0.3, -0.25) is 9.69 Å². The van der Waals surface area contributed by atoms with Crippen LogP contribution in [0.15, 0.2) is 47.4 Å². The van der Waals surface area contributed by atoms with Crippen LogP contribution in [-0.4, -0.2) is 32.0 Å². The first-order valence-electron chi connectivity index (χ1n) is 7.79. The van der Waals surface area contributed by atoms with Crippen molar-refractivity contribution in [1.82, 2.24) is 0 Å². The Morgan fingerprint density at radius 3 is 2.57 bits per heavy atom. The number of thiocarbonyl (C=S) groups is 1. The molecule has 2 aromatic carbocycles. The molecule has 1 aliphatic rings. The van der Waals surface area contributed by atoms with Crippen molar-refractivity contribution in [1.29, 1.82) is 0 Å². The van der Waals surface area contributed by atoms with Crippen molar-refractivity contribution in [3.8, 4) is 11.5 Å². The number of anilines is 1. The number of hydrogen-bond donors (Lipinski definition) is 0. The van der Waals surface area contributed by atoms with Crippen LogP contribution in [-0.2, 0) is 14.9 Å². The number of nitrogens with zero attached hydrogens (tertiary/aromatic N) is 1. The largest absolute Gasteiger partial charge is 0.493 e. The summed E-state index contributed by atoms with van der Waals surface area (Å²) >= 11 is 12.5. The minimum Gasteiger partial charge on any atom is -0.493 e. The van der Waals surface area contributed by atoms with Gasteiger partial charge in [-0.15, -0.1) is 0 Å². The summed E-state index contributed by atoms with van der Waals surface area (Å²) in [5.74, 6) is 0.0193. The van der Waals surface area contributed by atoms with Crippen molar-refractivity contribution < 1.29 is 22.1 Å². The van der Waals surface area contributed by atoms with E-state index in [-0.39, 0.29) is 17.4 Å². The molecular formula is C18H14ClNO5S3. The number of methoxy groups -OCH3 is 1. The number of hydrogen-bond acceptors (Lipinski definition) is 7. The Hall–Kier alpha value is -2.07. The summed E-state index contributed by atoms with van der Waals surface area (Å²) in [6.45, 7) is 0. The Kier molecular flexibility index (Phi) is 5.99. The molecule has 1 fully saturated rings. The van der Waals surface area contributed by atoms with Crippen LogP contribution in [0.5, 0.6) is 11.5 Å². The normalized spacial score (nSPS) is 16.0. The highest BCUT2D eigenvalue weighted by atomic mass is 35.5. The lowest BCUT2D eigenvalue weighted by Crippen LogP contribution is -2.27. The van der Waals surface area contributed by atoms with Crippen LogP contribution in [0.25, 0.3) is 6.08 Å². The lowest BCUT2D eigenvalue weighted by atomic mass is 10.2. The van der Waals surface area contributed by atoms with Crippen molar-refractivity contribution in [2.45, 2.75) is 0 Å². The molecule has 0 spiro atoms.